The molecule has 1 unspecified atom stereocenters. The summed E-state index contributed by atoms with van der Waals surface area (Å²) in [5.41, 5.74) is 2.68. The molecule has 1 N–H and O–H groups in total. The van der Waals surface area contributed by atoms with E-state index in [2.05, 4.69) is 12.2 Å². The van der Waals surface area contributed by atoms with Crippen LogP contribution in [0.3, 0.4) is 0 Å². The molecule has 5 heteroatoms. The fourth-order valence-corrected chi connectivity index (χ4v) is 3.20. The molecule has 22 heavy (non-hydrogen) atoms. The number of nitrogens with one attached hydrogen (secondary N) is 1. The Morgan fingerprint density at radius 2 is 1.73 bits per heavy atom. The second-order valence-corrected chi connectivity index (χ2v) is 6.02. The van der Waals surface area contributed by atoms with E-state index in [-0.39, 0.29) is 11.1 Å². The van der Waals surface area contributed by atoms with E-state index in [0.29, 0.717) is 5.69 Å². The summed E-state index contributed by atoms with van der Waals surface area (Å²) in [5.74, 6) is -0.235. The Hall–Kier alpha value is -2.27. The fourth-order valence-electron chi connectivity index (χ4n) is 2.30. The number of hydrogen-bond donors (Lipinski definition) is 1. The van der Waals surface area contributed by atoms with Gasteiger partial charge in [0.1, 0.15) is 0 Å². The molecule has 0 radical (unpaired) electrons. The summed E-state index contributed by atoms with van der Waals surface area (Å²) in [6.07, 6.45) is 0.970. The van der Waals surface area contributed by atoms with Gasteiger partial charge in [-0.25, -0.2) is 4.90 Å². The van der Waals surface area contributed by atoms with Gasteiger partial charge in [0.15, 0.2) is 5.37 Å². The van der Waals surface area contributed by atoms with Crippen molar-refractivity contribution in [3.05, 3.63) is 60.2 Å². The molecule has 1 atom stereocenters. The molecule has 1 fully saturated rings. The maximum Gasteiger partial charge on any atom is 0.295 e. The van der Waals surface area contributed by atoms with Gasteiger partial charge in [-0.15, -0.1) is 0 Å². The third-order valence-corrected chi connectivity index (χ3v) is 4.46. The van der Waals surface area contributed by atoms with Gasteiger partial charge in [0.2, 0.25) is 0 Å². The monoisotopic (exact) mass is 312 g/mol. The zero-order valence-corrected chi connectivity index (χ0v) is 13.0. The Bertz CT molecular complexity index is 686. The number of para-hydroxylation sites is 1. The van der Waals surface area contributed by atoms with Crippen LogP contribution in [-0.2, 0) is 11.2 Å². The Morgan fingerprint density at radius 1 is 1.05 bits per heavy atom. The molecular formula is C17H16N2O2S. The van der Waals surface area contributed by atoms with E-state index in [4.69, 9.17) is 0 Å². The molecule has 2 aromatic carbocycles. The zero-order valence-electron chi connectivity index (χ0n) is 12.2. The Kier molecular flexibility index (Phi) is 4.15. The number of carbonyl (C=O) groups is 2. The highest BCUT2D eigenvalue weighted by molar-refractivity contribution is 8.16. The van der Waals surface area contributed by atoms with Gasteiger partial charge in [0.25, 0.3) is 11.1 Å². The molecule has 2 aromatic rings. The first kappa shape index (κ1) is 14.7. The second kappa shape index (κ2) is 6.23. The third-order valence-electron chi connectivity index (χ3n) is 3.52. The number of imide groups is 1. The van der Waals surface area contributed by atoms with Crippen molar-refractivity contribution in [3.8, 4) is 0 Å². The van der Waals surface area contributed by atoms with Crippen LogP contribution in [0.5, 0.6) is 0 Å². The maximum absolute atomic E-state index is 12.5. The maximum atomic E-state index is 12.5. The van der Waals surface area contributed by atoms with Crippen LogP contribution in [0.4, 0.5) is 16.2 Å². The quantitative estimate of drug-likeness (QED) is 0.930. The molecule has 0 aromatic heterocycles. The van der Waals surface area contributed by atoms with Crippen LogP contribution in [0.2, 0.25) is 0 Å². The topological polar surface area (TPSA) is 49.4 Å². The lowest BCUT2D eigenvalue weighted by molar-refractivity contribution is -0.116. The predicted molar refractivity (Wildman–Crippen MR) is 90.1 cm³/mol. The van der Waals surface area contributed by atoms with Crippen molar-refractivity contribution in [1.29, 1.82) is 0 Å². The molecule has 4 nitrogen and oxygen atoms in total. The smallest absolute Gasteiger partial charge is 0.295 e. The van der Waals surface area contributed by atoms with Crippen LogP contribution in [0.15, 0.2) is 54.6 Å². The number of benzene rings is 2. The number of hydrogen-bond acceptors (Lipinski definition) is 4. The Balaban J connectivity index is 1.76. The summed E-state index contributed by atoms with van der Waals surface area (Å²) < 4.78 is 0. The minimum atomic E-state index is -0.583. The van der Waals surface area contributed by atoms with Crippen molar-refractivity contribution >= 4 is 34.3 Å². The lowest BCUT2D eigenvalue weighted by Gasteiger charge is -2.14. The first-order valence-corrected chi connectivity index (χ1v) is 8.02. The van der Waals surface area contributed by atoms with Crippen molar-refractivity contribution in [2.75, 3.05) is 10.2 Å². The van der Waals surface area contributed by atoms with Gasteiger partial charge in [0.05, 0.1) is 5.69 Å². The fraction of sp³-hybridized carbons (Fsp3) is 0.176. The summed E-state index contributed by atoms with van der Waals surface area (Å²) in [4.78, 5) is 25.8. The summed E-state index contributed by atoms with van der Waals surface area (Å²) in [6, 6.07) is 16.9. The number of anilines is 2. The minimum Gasteiger partial charge on any atom is -0.365 e. The molecule has 0 saturated carbocycles. The molecule has 3 rings (SSSR count). The molecular weight excluding hydrogens is 296 g/mol. The minimum absolute atomic E-state index is 0.235. The third kappa shape index (κ3) is 2.85. The van der Waals surface area contributed by atoms with E-state index in [9.17, 15) is 9.59 Å². The molecule has 2 amide bonds. The van der Waals surface area contributed by atoms with E-state index in [1.807, 2.05) is 42.5 Å². The van der Waals surface area contributed by atoms with Gasteiger partial charge in [-0.05, 0) is 48.0 Å². The molecule has 0 bridgehead atoms. The molecule has 1 saturated heterocycles. The highest BCUT2D eigenvalue weighted by Crippen LogP contribution is 2.32. The van der Waals surface area contributed by atoms with Crippen molar-refractivity contribution in [2.24, 2.45) is 0 Å². The van der Waals surface area contributed by atoms with Crippen LogP contribution in [0.25, 0.3) is 0 Å². The van der Waals surface area contributed by atoms with E-state index >= 15 is 0 Å². The highest BCUT2D eigenvalue weighted by Gasteiger charge is 2.40. The van der Waals surface area contributed by atoms with E-state index in [0.717, 1.165) is 23.9 Å². The van der Waals surface area contributed by atoms with E-state index in [1.54, 1.807) is 12.1 Å². The van der Waals surface area contributed by atoms with Crippen LogP contribution in [-0.4, -0.2) is 16.5 Å². The van der Waals surface area contributed by atoms with Crippen molar-refractivity contribution in [2.45, 2.75) is 18.7 Å². The van der Waals surface area contributed by atoms with E-state index in [1.165, 1.54) is 10.5 Å². The second-order valence-electron chi connectivity index (χ2n) is 4.97. The molecule has 1 heterocycles. The Morgan fingerprint density at radius 3 is 2.36 bits per heavy atom. The highest BCUT2D eigenvalue weighted by atomic mass is 32.2. The first-order chi connectivity index (χ1) is 10.7. The number of nitrogens with zero attached hydrogens (tertiary/aromatic N) is 1. The Labute approximate surface area is 133 Å². The van der Waals surface area contributed by atoms with Gasteiger partial charge in [0, 0.05) is 5.69 Å². The lowest BCUT2D eigenvalue weighted by atomic mass is 10.1. The van der Waals surface area contributed by atoms with Gasteiger partial charge >= 0.3 is 0 Å². The van der Waals surface area contributed by atoms with Crippen LogP contribution in [0, 0.1) is 0 Å². The SMILES string of the molecule is CCc1ccc(NC2SC(=O)N(c3ccccc3)C2=O)cc1. The van der Waals surface area contributed by atoms with Gasteiger partial charge in [-0.2, -0.15) is 0 Å². The first-order valence-electron chi connectivity index (χ1n) is 7.14. The number of aryl methyl sites for hydroxylation is 1. The molecule has 1 aliphatic heterocycles. The summed E-state index contributed by atoms with van der Waals surface area (Å²) in [5, 5.41) is 2.29. The summed E-state index contributed by atoms with van der Waals surface area (Å²) >= 11 is 1.01. The number of amides is 2. The average Bonchev–Trinajstić information content (AvgIpc) is 2.83. The zero-order chi connectivity index (χ0) is 15.5. The van der Waals surface area contributed by atoms with Crippen molar-refractivity contribution in [1.82, 2.24) is 0 Å². The van der Waals surface area contributed by atoms with Gasteiger partial charge in [-0.1, -0.05) is 37.3 Å². The number of carbonyl (C=O) groups excluding carboxylic acids is 2. The molecule has 0 spiro atoms. The predicted octanol–water partition coefficient (Wildman–Crippen LogP) is 3.89. The molecule has 1 aliphatic rings. The standard InChI is InChI=1S/C17H16N2O2S/c1-2-12-8-10-13(11-9-12)18-15-16(20)19(17(21)22-15)14-6-4-3-5-7-14/h3-11,15,18H,2H2,1H3. The summed E-state index contributed by atoms with van der Waals surface area (Å²) in [6.45, 7) is 2.09. The molecule has 112 valence electrons. The van der Waals surface area contributed by atoms with Gasteiger partial charge in [-0.3, -0.25) is 9.59 Å². The lowest BCUT2D eigenvalue weighted by Crippen LogP contribution is -2.34. The number of thioether (sulfide) groups is 1. The number of rotatable bonds is 4. The van der Waals surface area contributed by atoms with Crippen molar-refractivity contribution in [3.63, 3.8) is 0 Å². The molecule has 0 aliphatic carbocycles. The normalized spacial score (nSPS) is 17.9. The van der Waals surface area contributed by atoms with E-state index < -0.39 is 5.37 Å². The average molecular weight is 312 g/mol. The van der Waals surface area contributed by atoms with Crippen LogP contribution >= 0.6 is 11.8 Å². The van der Waals surface area contributed by atoms with Gasteiger partial charge < -0.3 is 5.32 Å². The van der Waals surface area contributed by atoms with Crippen LogP contribution in [0.1, 0.15) is 12.5 Å². The largest absolute Gasteiger partial charge is 0.365 e. The van der Waals surface area contributed by atoms with Crippen LogP contribution < -0.4 is 10.2 Å². The summed E-state index contributed by atoms with van der Waals surface area (Å²) in [7, 11) is 0. The van der Waals surface area contributed by atoms with Crippen molar-refractivity contribution < 1.29 is 9.59 Å².